The number of urea groups is 1. The van der Waals surface area contributed by atoms with Crippen LogP contribution in [-0.2, 0) is 0 Å². The van der Waals surface area contributed by atoms with E-state index in [0.717, 1.165) is 0 Å². The molecular formula is C5H11N3O. The van der Waals surface area contributed by atoms with Gasteiger partial charge in [-0.1, -0.05) is 13.8 Å². The molecule has 4 heteroatoms. The number of carbonyl (C=O) groups excluding carboxylic acids is 1. The van der Waals surface area contributed by atoms with Crippen LogP contribution in [0.25, 0.3) is 0 Å². The first kappa shape index (κ1) is 7.94. The van der Waals surface area contributed by atoms with E-state index >= 15 is 0 Å². The molecule has 0 spiro atoms. The Morgan fingerprint density at radius 1 is 1.67 bits per heavy atom. The molecule has 0 aliphatic heterocycles. The van der Waals surface area contributed by atoms with Crippen LogP contribution in [0, 0.1) is 11.3 Å². The zero-order valence-corrected chi connectivity index (χ0v) is 5.56. The second kappa shape index (κ2) is 3.06. The molecule has 0 bridgehead atoms. The fourth-order valence-electron chi connectivity index (χ4n) is 0.277. The predicted molar refractivity (Wildman–Crippen MR) is 35.3 cm³/mol. The largest absolute Gasteiger partial charge is 0.351 e. The van der Waals surface area contributed by atoms with Gasteiger partial charge < -0.3 is 5.73 Å². The number of rotatable bonds is 1. The molecule has 0 aliphatic rings. The number of amidine groups is 1. The fourth-order valence-corrected chi connectivity index (χ4v) is 0.277. The van der Waals surface area contributed by atoms with Crippen LogP contribution in [-0.4, -0.2) is 11.9 Å². The molecule has 0 atom stereocenters. The monoisotopic (exact) mass is 129 g/mol. The zero-order chi connectivity index (χ0) is 7.44. The van der Waals surface area contributed by atoms with Crippen molar-refractivity contribution in [3.05, 3.63) is 0 Å². The minimum absolute atomic E-state index is 0.0255. The highest BCUT2D eigenvalue weighted by molar-refractivity contribution is 5.95. The SMILES string of the molecule is CC(C)C(=N)NC(N)=O. The van der Waals surface area contributed by atoms with Crippen molar-refractivity contribution in [1.29, 1.82) is 5.41 Å². The Hall–Kier alpha value is -1.06. The molecule has 0 fully saturated rings. The normalized spacial score (nSPS) is 9.22. The third kappa shape index (κ3) is 3.52. The first-order valence-electron chi connectivity index (χ1n) is 2.69. The number of primary amides is 1. The van der Waals surface area contributed by atoms with E-state index in [1.807, 2.05) is 0 Å². The van der Waals surface area contributed by atoms with E-state index < -0.39 is 6.03 Å². The van der Waals surface area contributed by atoms with Crippen LogP contribution in [0.1, 0.15) is 13.8 Å². The minimum atomic E-state index is -0.672. The van der Waals surface area contributed by atoms with Gasteiger partial charge in [-0.3, -0.25) is 10.7 Å². The minimum Gasteiger partial charge on any atom is -0.351 e. The molecule has 9 heavy (non-hydrogen) atoms. The first-order chi connectivity index (χ1) is 4.04. The first-order valence-corrected chi connectivity index (χ1v) is 2.69. The summed E-state index contributed by atoms with van der Waals surface area (Å²) in [6, 6.07) is -0.672. The van der Waals surface area contributed by atoms with Crippen LogP contribution in [0.3, 0.4) is 0 Å². The smallest absolute Gasteiger partial charge is 0.317 e. The highest BCUT2D eigenvalue weighted by Gasteiger charge is 2.02. The van der Waals surface area contributed by atoms with E-state index in [0.29, 0.717) is 0 Å². The van der Waals surface area contributed by atoms with Gasteiger partial charge in [-0.05, 0) is 0 Å². The molecule has 0 heterocycles. The Morgan fingerprint density at radius 2 is 2.11 bits per heavy atom. The zero-order valence-electron chi connectivity index (χ0n) is 5.56. The maximum Gasteiger partial charge on any atom is 0.317 e. The highest BCUT2D eigenvalue weighted by Crippen LogP contribution is 1.89. The average Bonchev–Trinajstić information content (AvgIpc) is 1.63. The maximum atomic E-state index is 10.1. The molecule has 2 amide bonds. The van der Waals surface area contributed by atoms with Gasteiger partial charge in [-0.15, -0.1) is 0 Å². The number of carbonyl (C=O) groups is 1. The molecule has 0 saturated carbocycles. The Labute approximate surface area is 53.9 Å². The van der Waals surface area contributed by atoms with Crippen LogP contribution in [0.5, 0.6) is 0 Å². The lowest BCUT2D eigenvalue weighted by atomic mass is 10.2. The van der Waals surface area contributed by atoms with E-state index in [9.17, 15) is 4.79 Å². The highest BCUT2D eigenvalue weighted by atomic mass is 16.2. The second-order valence-corrected chi connectivity index (χ2v) is 2.06. The fraction of sp³-hybridized carbons (Fsp3) is 0.600. The lowest BCUT2D eigenvalue weighted by Gasteiger charge is -2.05. The Morgan fingerprint density at radius 3 is 2.22 bits per heavy atom. The summed E-state index contributed by atoms with van der Waals surface area (Å²) in [7, 11) is 0. The van der Waals surface area contributed by atoms with Crippen molar-refractivity contribution >= 4 is 11.9 Å². The molecule has 0 saturated heterocycles. The van der Waals surface area contributed by atoms with Crippen molar-refractivity contribution in [2.75, 3.05) is 0 Å². The lowest BCUT2D eigenvalue weighted by Crippen LogP contribution is -2.37. The van der Waals surface area contributed by atoms with E-state index in [-0.39, 0.29) is 11.8 Å². The quantitative estimate of drug-likeness (QED) is 0.345. The van der Waals surface area contributed by atoms with Crippen molar-refractivity contribution in [3.63, 3.8) is 0 Å². The standard InChI is InChI=1S/C5H11N3O/c1-3(2)4(6)8-5(7)9/h3H,1-2H3,(H4,6,7,8,9). The summed E-state index contributed by atoms with van der Waals surface area (Å²) in [6.45, 7) is 3.61. The summed E-state index contributed by atoms with van der Waals surface area (Å²) >= 11 is 0. The Balaban J connectivity index is 3.64. The topological polar surface area (TPSA) is 79.0 Å². The van der Waals surface area contributed by atoms with E-state index in [2.05, 4.69) is 5.32 Å². The molecule has 4 nitrogen and oxygen atoms in total. The molecule has 0 radical (unpaired) electrons. The van der Waals surface area contributed by atoms with Crippen molar-refractivity contribution in [2.24, 2.45) is 11.7 Å². The molecule has 0 aliphatic carbocycles. The van der Waals surface area contributed by atoms with Gasteiger partial charge in [0.05, 0.1) is 0 Å². The average molecular weight is 129 g/mol. The molecule has 0 aromatic heterocycles. The van der Waals surface area contributed by atoms with E-state index in [1.165, 1.54) is 0 Å². The number of hydrogen-bond acceptors (Lipinski definition) is 2. The molecule has 0 aromatic carbocycles. The van der Waals surface area contributed by atoms with Gasteiger partial charge in [-0.25, -0.2) is 4.79 Å². The van der Waals surface area contributed by atoms with Gasteiger partial charge >= 0.3 is 6.03 Å². The number of nitrogens with one attached hydrogen (secondary N) is 2. The molecule has 0 unspecified atom stereocenters. The van der Waals surface area contributed by atoms with E-state index in [4.69, 9.17) is 11.1 Å². The maximum absolute atomic E-state index is 10.1. The van der Waals surface area contributed by atoms with Crippen molar-refractivity contribution < 1.29 is 4.79 Å². The van der Waals surface area contributed by atoms with Crippen LogP contribution in [0.2, 0.25) is 0 Å². The summed E-state index contributed by atoms with van der Waals surface area (Å²) in [5, 5.41) is 9.23. The predicted octanol–water partition coefficient (Wildman–Crippen LogP) is 0.288. The molecule has 0 aromatic rings. The summed E-state index contributed by atoms with van der Waals surface area (Å²) in [6.07, 6.45) is 0. The van der Waals surface area contributed by atoms with Crippen molar-refractivity contribution in [3.8, 4) is 0 Å². The third-order valence-electron chi connectivity index (χ3n) is 0.835. The second-order valence-electron chi connectivity index (χ2n) is 2.06. The molecular weight excluding hydrogens is 118 g/mol. The van der Waals surface area contributed by atoms with E-state index in [1.54, 1.807) is 13.8 Å². The van der Waals surface area contributed by atoms with Gasteiger partial charge in [0, 0.05) is 5.92 Å². The Kier molecular flexibility index (Phi) is 2.70. The number of amides is 2. The third-order valence-corrected chi connectivity index (χ3v) is 0.835. The summed E-state index contributed by atoms with van der Waals surface area (Å²) < 4.78 is 0. The molecule has 4 N–H and O–H groups in total. The molecule has 52 valence electrons. The van der Waals surface area contributed by atoms with Crippen LogP contribution < -0.4 is 11.1 Å². The molecule has 0 rings (SSSR count). The van der Waals surface area contributed by atoms with Gasteiger partial charge in [0.15, 0.2) is 0 Å². The van der Waals surface area contributed by atoms with Crippen LogP contribution >= 0.6 is 0 Å². The van der Waals surface area contributed by atoms with Crippen molar-refractivity contribution in [1.82, 2.24) is 5.32 Å². The Bertz CT molecular complexity index is 130. The summed E-state index contributed by atoms with van der Waals surface area (Å²) in [5.41, 5.74) is 4.74. The van der Waals surface area contributed by atoms with Crippen LogP contribution in [0.15, 0.2) is 0 Å². The van der Waals surface area contributed by atoms with Gasteiger partial charge in [-0.2, -0.15) is 0 Å². The lowest BCUT2D eigenvalue weighted by molar-refractivity contribution is 0.252. The van der Waals surface area contributed by atoms with Gasteiger partial charge in [0.1, 0.15) is 5.84 Å². The van der Waals surface area contributed by atoms with Gasteiger partial charge in [0.2, 0.25) is 0 Å². The van der Waals surface area contributed by atoms with Crippen molar-refractivity contribution in [2.45, 2.75) is 13.8 Å². The summed E-state index contributed by atoms with van der Waals surface area (Å²) in [4.78, 5) is 10.1. The summed E-state index contributed by atoms with van der Waals surface area (Å²) in [5.74, 6) is 0.181. The number of nitrogens with two attached hydrogens (primary N) is 1. The number of hydrogen-bond donors (Lipinski definition) is 3. The van der Waals surface area contributed by atoms with Crippen LogP contribution in [0.4, 0.5) is 4.79 Å². The van der Waals surface area contributed by atoms with Gasteiger partial charge in [0.25, 0.3) is 0 Å².